The molecular weight excluding hydrogens is 340 g/mol. The Bertz CT molecular complexity index is 847. The monoisotopic (exact) mass is 356 g/mol. The molecule has 0 N–H and O–H groups in total. The fourth-order valence-electron chi connectivity index (χ4n) is 2.30. The highest BCUT2D eigenvalue weighted by molar-refractivity contribution is 6.30. The van der Waals surface area contributed by atoms with Crippen LogP contribution in [0.4, 0.5) is 0 Å². The second-order valence-corrected chi connectivity index (χ2v) is 6.19. The Balaban J connectivity index is 1.79. The largest absolute Gasteiger partial charge is 0.419 e. The van der Waals surface area contributed by atoms with Gasteiger partial charge in [0, 0.05) is 22.8 Å². The van der Waals surface area contributed by atoms with Gasteiger partial charge in [-0.3, -0.25) is 9.78 Å². The minimum absolute atomic E-state index is 0.0413. The van der Waals surface area contributed by atoms with Crippen molar-refractivity contribution < 1.29 is 9.21 Å². The molecule has 0 unspecified atom stereocenters. The molecule has 0 aliphatic rings. The van der Waals surface area contributed by atoms with Crippen molar-refractivity contribution in [3.63, 3.8) is 0 Å². The molecular formula is C18H17ClN4O2. The summed E-state index contributed by atoms with van der Waals surface area (Å²) in [5.74, 6) is 0.574. The van der Waals surface area contributed by atoms with Crippen LogP contribution in [0, 0.1) is 0 Å². The minimum atomic E-state index is -0.179. The molecule has 7 heteroatoms. The molecule has 2 heterocycles. The molecule has 0 spiro atoms. The van der Waals surface area contributed by atoms with Crippen molar-refractivity contribution in [2.45, 2.75) is 26.4 Å². The maximum absolute atomic E-state index is 12.7. The quantitative estimate of drug-likeness (QED) is 0.694. The normalized spacial score (nSPS) is 10.9. The molecule has 1 aromatic carbocycles. The first-order valence-corrected chi connectivity index (χ1v) is 8.22. The Hall–Kier alpha value is -2.73. The molecule has 1 amide bonds. The summed E-state index contributed by atoms with van der Waals surface area (Å²) in [4.78, 5) is 18.4. The van der Waals surface area contributed by atoms with Gasteiger partial charge in [0.1, 0.15) is 5.69 Å². The van der Waals surface area contributed by atoms with Crippen molar-refractivity contribution in [2.75, 3.05) is 0 Å². The molecule has 0 atom stereocenters. The molecule has 0 aliphatic heterocycles. The summed E-state index contributed by atoms with van der Waals surface area (Å²) in [5.41, 5.74) is 1.16. The van der Waals surface area contributed by atoms with E-state index in [1.165, 1.54) is 0 Å². The van der Waals surface area contributed by atoms with E-state index in [4.69, 9.17) is 16.0 Å². The highest BCUT2D eigenvalue weighted by Crippen LogP contribution is 2.21. The molecule has 0 saturated heterocycles. The number of rotatable bonds is 5. The van der Waals surface area contributed by atoms with Gasteiger partial charge >= 0.3 is 0 Å². The Labute approximate surface area is 150 Å². The first-order chi connectivity index (χ1) is 12.0. The van der Waals surface area contributed by atoms with E-state index in [9.17, 15) is 4.79 Å². The average Bonchev–Trinajstić information content (AvgIpc) is 3.09. The fourth-order valence-corrected chi connectivity index (χ4v) is 2.42. The summed E-state index contributed by atoms with van der Waals surface area (Å²) < 4.78 is 5.70. The maximum atomic E-state index is 12.7. The molecule has 3 aromatic rings. The van der Waals surface area contributed by atoms with Crippen LogP contribution in [-0.2, 0) is 6.54 Å². The molecule has 25 heavy (non-hydrogen) atoms. The lowest BCUT2D eigenvalue weighted by Crippen LogP contribution is -2.36. The van der Waals surface area contributed by atoms with Crippen LogP contribution in [0.1, 0.15) is 30.2 Å². The van der Waals surface area contributed by atoms with Crippen LogP contribution < -0.4 is 0 Å². The van der Waals surface area contributed by atoms with Crippen LogP contribution in [0.2, 0.25) is 5.02 Å². The lowest BCUT2D eigenvalue weighted by atomic mass is 10.2. The third-order valence-electron chi connectivity index (χ3n) is 3.63. The zero-order valence-electron chi connectivity index (χ0n) is 13.9. The lowest BCUT2D eigenvalue weighted by molar-refractivity contribution is 0.0666. The van der Waals surface area contributed by atoms with Crippen molar-refractivity contribution in [1.29, 1.82) is 0 Å². The number of pyridine rings is 1. The average molecular weight is 357 g/mol. The van der Waals surface area contributed by atoms with Gasteiger partial charge in [0.25, 0.3) is 5.91 Å². The third-order valence-corrected chi connectivity index (χ3v) is 3.88. The SMILES string of the molecule is CC(C)N(Cc1nnc(-c2ccc(Cl)cc2)o1)C(=O)c1ccccn1. The molecule has 3 rings (SSSR count). The Morgan fingerprint density at radius 1 is 1.16 bits per heavy atom. The van der Waals surface area contributed by atoms with E-state index in [1.807, 2.05) is 13.8 Å². The first kappa shape index (κ1) is 17.1. The molecule has 0 saturated carbocycles. The zero-order valence-corrected chi connectivity index (χ0v) is 14.6. The van der Waals surface area contributed by atoms with Crippen LogP contribution >= 0.6 is 11.6 Å². The molecule has 0 aliphatic carbocycles. The van der Waals surface area contributed by atoms with Gasteiger partial charge in [-0.1, -0.05) is 17.7 Å². The predicted octanol–water partition coefficient (Wildman–Crippen LogP) is 3.84. The van der Waals surface area contributed by atoms with Crippen LogP contribution in [0.5, 0.6) is 0 Å². The van der Waals surface area contributed by atoms with Crippen molar-refractivity contribution in [2.24, 2.45) is 0 Å². The van der Waals surface area contributed by atoms with Crippen LogP contribution in [0.3, 0.4) is 0 Å². The van der Waals surface area contributed by atoms with E-state index in [-0.39, 0.29) is 18.5 Å². The van der Waals surface area contributed by atoms with E-state index >= 15 is 0 Å². The van der Waals surface area contributed by atoms with Gasteiger partial charge in [-0.05, 0) is 50.2 Å². The van der Waals surface area contributed by atoms with Gasteiger partial charge in [-0.2, -0.15) is 0 Å². The van der Waals surface area contributed by atoms with E-state index < -0.39 is 0 Å². The first-order valence-electron chi connectivity index (χ1n) is 7.85. The topological polar surface area (TPSA) is 72.1 Å². The number of amides is 1. The number of carbonyl (C=O) groups is 1. The van der Waals surface area contributed by atoms with Gasteiger partial charge < -0.3 is 9.32 Å². The van der Waals surface area contributed by atoms with Crippen molar-refractivity contribution in [3.8, 4) is 11.5 Å². The van der Waals surface area contributed by atoms with Gasteiger partial charge in [-0.25, -0.2) is 0 Å². The zero-order chi connectivity index (χ0) is 17.8. The minimum Gasteiger partial charge on any atom is -0.419 e. The number of hydrogen-bond acceptors (Lipinski definition) is 5. The fraction of sp³-hybridized carbons (Fsp3) is 0.222. The second-order valence-electron chi connectivity index (χ2n) is 5.75. The summed E-state index contributed by atoms with van der Waals surface area (Å²) in [6.07, 6.45) is 1.59. The number of hydrogen-bond donors (Lipinski definition) is 0. The van der Waals surface area contributed by atoms with E-state index in [2.05, 4.69) is 15.2 Å². The van der Waals surface area contributed by atoms with Crippen molar-refractivity contribution in [1.82, 2.24) is 20.1 Å². The highest BCUT2D eigenvalue weighted by atomic mass is 35.5. The number of carbonyl (C=O) groups excluding carboxylic acids is 1. The maximum Gasteiger partial charge on any atom is 0.273 e. The lowest BCUT2D eigenvalue weighted by Gasteiger charge is -2.24. The predicted molar refractivity (Wildman–Crippen MR) is 94.0 cm³/mol. The number of halogens is 1. The summed E-state index contributed by atoms with van der Waals surface area (Å²) in [6.45, 7) is 4.07. The van der Waals surface area contributed by atoms with Gasteiger partial charge in [0.2, 0.25) is 11.8 Å². The molecule has 0 bridgehead atoms. The van der Waals surface area contributed by atoms with Gasteiger partial charge in [0.05, 0.1) is 6.54 Å². The smallest absolute Gasteiger partial charge is 0.273 e. The summed E-state index contributed by atoms with van der Waals surface area (Å²) in [5, 5.41) is 8.73. The van der Waals surface area contributed by atoms with Crippen molar-refractivity contribution in [3.05, 3.63) is 65.3 Å². The van der Waals surface area contributed by atoms with Crippen LogP contribution in [0.25, 0.3) is 11.5 Å². The standard InChI is InChI=1S/C18H17ClN4O2/c1-12(2)23(18(24)15-5-3-4-10-20-15)11-16-21-22-17(25-16)13-6-8-14(19)9-7-13/h3-10,12H,11H2,1-2H3. The molecule has 0 fully saturated rings. The van der Waals surface area contributed by atoms with E-state index in [0.717, 1.165) is 5.56 Å². The van der Waals surface area contributed by atoms with Gasteiger partial charge in [-0.15, -0.1) is 10.2 Å². The molecule has 6 nitrogen and oxygen atoms in total. The summed E-state index contributed by atoms with van der Waals surface area (Å²) in [6, 6.07) is 12.3. The van der Waals surface area contributed by atoms with Crippen LogP contribution in [-0.4, -0.2) is 32.0 Å². The van der Waals surface area contributed by atoms with E-state index in [1.54, 1.807) is 53.6 Å². The Kier molecular flexibility index (Phi) is 5.09. The molecule has 0 radical (unpaired) electrons. The number of aromatic nitrogens is 3. The van der Waals surface area contributed by atoms with Crippen LogP contribution in [0.15, 0.2) is 53.1 Å². The summed E-state index contributed by atoms with van der Waals surface area (Å²) >= 11 is 5.88. The molecule has 128 valence electrons. The Morgan fingerprint density at radius 2 is 1.92 bits per heavy atom. The molecule has 2 aromatic heterocycles. The van der Waals surface area contributed by atoms with E-state index in [0.29, 0.717) is 22.5 Å². The third kappa shape index (κ3) is 4.03. The second kappa shape index (κ2) is 7.44. The van der Waals surface area contributed by atoms with Gasteiger partial charge in [0.15, 0.2) is 0 Å². The summed E-state index contributed by atoms with van der Waals surface area (Å²) in [7, 11) is 0. The Morgan fingerprint density at radius 3 is 2.56 bits per heavy atom. The number of nitrogens with zero attached hydrogens (tertiary/aromatic N) is 4. The van der Waals surface area contributed by atoms with Crippen molar-refractivity contribution >= 4 is 17.5 Å². The highest BCUT2D eigenvalue weighted by Gasteiger charge is 2.22. The number of benzene rings is 1.